The predicted octanol–water partition coefficient (Wildman–Crippen LogP) is 4.08. The second-order valence-electron chi connectivity index (χ2n) is 4.70. The minimum absolute atomic E-state index is 0.590. The predicted molar refractivity (Wildman–Crippen MR) is 71.5 cm³/mol. The minimum Gasteiger partial charge on any atom is -0.367 e. The average Bonchev–Trinajstić information content (AvgIpc) is 2.60. The van der Waals surface area contributed by atoms with Gasteiger partial charge in [0.25, 0.3) is 0 Å². The van der Waals surface area contributed by atoms with Gasteiger partial charge in [0.05, 0.1) is 0 Å². The zero-order chi connectivity index (χ0) is 11.5. The molecule has 1 fully saturated rings. The SMILES string of the molecule is CCC1CCC(Nc2cccc(Br)n2)C1C. The maximum Gasteiger partial charge on any atom is 0.127 e. The van der Waals surface area contributed by atoms with Crippen LogP contribution in [-0.4, -0.2) is 11.0 Å². The Bertz CT molecular complexity index is 354. The van der Waals surface area contributed by atoms with E-state index < -0.39 is 0 Å². The zero-order valence-electron chi connectivity index (χ0n) is 9.91. The van der Waals surface area contributed by atoms with Crippen LogP contribution in [0.4, 0.5) is 5.82 Å². The van der Waals surface area contributed by atoms with E-state index in [4.69, 9.17) is 0 Å². The molecule has 0 spiro atoms. The van der Waals surface area contributed by atoms with Crippen molar-refractivity contribution >= 4 is 21.7 Å². The molecule has 3 atom stereocenters. The highest BCUT2D eigenvalue weighted by molar-refractivity contribution is 9.10. The average molecular weight is 283 g/mol. The summed E-state index contributed by atoms with van der Waals surface area (Å²) in [5.74, 6) is 2.62. The van der Waals surface area contributed by atoms with Gasteiger partial charge in [0.1, 0.15) is 10.4 Å². The fourth-order valence-electron chi connectivity index (χ4n) is 2.71. The highest BCUT2D eigenvalue weighted by Crippen LogP contribution is 2.35. The van der Waals surface area contributed by atoms with E-state index >= 15 is 0 Å². The van der Waals surface area contributed by atoms with Crippen molar-refractivity contribution in [3.63, 3.8) is 0 Å². The van der Waals surface area contributed by atoms with E-state index in [2.05, 4.69) is 40.1 Å². The standard InChI is InChI=1S/C13H19BrN2/c1-3-10-7-8-11(9(10)2)15-13-6-4-5-12(14)16-13/h4-6,9-11H,3,7-8H2,1-2H3,(H,15,16). The Morgan fingerprint density at radius 3 is 2.88 bits per heavy atom. The van der Waals surface area contributed by atoms with Crippen LogP contribution in [0.15, 0.2) is 22.8 Å². The number of hydrogen-bond donors (Lipinski definition) is 1. The number of nitrogens with zero attached hydrogens (tertiary/aromatic N) is 1. The summed E-state index contributed by atoms with van der Waals surface area (Å²) in [6, 6.07) is 6.61. The van der Waals surface area contributed by atoms with Crippen LogP contribution >= 0.6 is 15.9 Å². The van der Waals surface area contributed by atoms with Gasteiger partial charge in [-0.1, -0.05) is 26.3 Å². The lowest BCUT2D eigenvalue weighted by molar-refractivity contribution is 0.391. The lowest BCUT2D eigenvalue weighted by atomic mass is 9.93. The van der Waals surface area contributed by atoms with Crippen molar-refractivity contribution in [2.75, 3.05) is 5.32 Å². The molecule has 1 aromatic heterocycles. The molecular formula is C13H19BrN2. The molecule has 1 N–H and O–H groups in total. The largest absolute Gasteiger partial charge is 0.367 e. The van der Waals surface area contributed by atoms with E-state index in [9.17, 15) is 0 Å². The molecule has 88 valence electrons. The third-order valence-electron chi connectivity index (χ3n) is 3.80. The molecule has 0 bridgehead atoms. The summed E-state index contributed by atoms with van der Waals surface area (Å²) in [6.45, 7) is 4.65. The van der Waals surface area contributed by atoms with Crippen LogP contribution in [0, 0.1) is 11.8 Å². The van der Waals surface area contributed by atoms with Gasteiger partial charge in [-0.25, -0.2) is 4.98 Å². The third kappa shape index (κ3) is 2.57. The molecule has 1 heterocycles. The van der Waals surface area contributed by atoms with Crippen LogP contribution in [0.1, 0.15) is 33.1 Å². The minimum atomic E-state index is 0.590. The van der Waals surface area contributed by atoms with E-state index in [0.29, 0.717) is 6.04 Å². The maximum atomic E-state index is 4.43. The van der Waals surface area contributed by atoms with Crippen LogP contribution in [0.3, 0.4) is 0 Å². The highest BCUT2D eigenvalue weighted by Gasteiger charge is 2.31. The number of aromatic nitrogens is 1. The first-order valence-corrected chi connectivity index (χ1v) is 6.89. The zero-order valence-corrected chi connectivity index (χ0v) is 11.5. The fraction of sp³-hybridized carbons (Fsp3) is 0.615. The summed E-state index contributed by atoms with van der Waals surface area (Å²) in [7, 11) is 0. The van der Waals surface area contributed by atoms with Gasteiger partial charge in [0, 0.05) is 6.04 Å². The van der Waals surface area contributed by atoms with Crippen molar-refractivity contribution in [3.05, 3.63) is 22.8 Å². The lowest BCUT2D eigenvalue weighted by Crippen LogP contribution is -2.25. The van der Waals surface area contributed by atoms with Gasteiger partial charge < -0.3 is 5.32 Å². The Kier molecular flexibility index (Phi) is 3.85. The van der Waals surface area contributed by atoms with Crippen molar-refractivity contribution in [1.82, 2.24) is 4.98 Å². The maximum absolute atomic E-state index is 4.43. The quantitative estimate of drug-likeness (QED) is 0.845. The molecular weight excluding hydrogens is 264 g/mol. The van der Waals surface area contributed by atoms with Gasteiger partial charge in [-0.05, 0) is 52.7 Å². The normalized spacial score (nSPS) is 29.3. The molecule has 1 aromatic rings. The summed E-state index contributed by atoms with van der Waals surface area (Å²) in [5, 5.41) is 3.55. The summed E-state index contributed by atoms with van der Waals surface area (Å²) in [6.07, 6.45) is 3.92. The molecule has 0 saturated heterocycles. The Morgan fingerprint density at radius 2 is 2.25 bits per heavy atom. The highest BCUT2D eigenvalue weighted by atomic mass is 79.9. The molecule has 0 aromatic carbocycles. The van der Waals surface area contributed by atoms with Gasteiger partial charge in [0.15, 0.2) is 0 Å². The summed E-state index contributed by atoms with van der Waals surface area (Å²) in [5.41, 5.74) is 0. The topological polar surface area (TPSA) is 24.9 Å². The molecule has 0 amide bonds. The van der Waals surface area contributed by atoms with E-state index in [1.807, 2.05) is 18.2 Å². The summed E-state index contributed by atoms with van der Waals surface area (Å²) < 4.78 is 0.898. The second-order valence-corrected chi connectivity index (χ2v) is 5.51. The Morgan fingerprint density at radius 1 is 1.44 bits per heavy atom. The van der Waals surface area contributed by atoms with Crippen LogP contribution in [0.25, 0.3) is 0 Å². The Labute approximate surface area is 106 Å². The van der Waals surface area contributed by atoms with Gasteiger partial charge >= 0.3 is 0 Å². The van der Waals surface area contributed by atoms with Gasteiger partial charge in [-0.2, -0.15) is 0 Å². The summed E-state index contributed by atoms with van der Waals surface area (Å²) in [4.78, 5) is 4.43. The molecule has 0 radical (unpaired) electrons. The Hall–Kier alpha value is -0.570. The van der Waals surface area contributed by atoms with Gasteiger partial charge in [-0.15, -0.1) is 0 Å². The molecule has 1 saturated carbocycles. The number of anilines is 1. The molecule has 3 heteroatoms. The molecule has 2 rings (SSSR count). The number of halogens is 1. The first kappa shape index (κ1) is 11.9. The van der Waals surface area contributed by atoms with Crippen LogP contribution in [0.5, 0.6) is 0 Å². The summed E-state index contributed by atoms with van der Waals surface area (Å²) >= 11 is 3.40. The van der Waals surface area contributed by atoms with Crippen molar-refractivity contribution in [3.8, 4) is 0 Å². The van der Waals surface area contributed by atoms with Gasteiger partial charge in [-0.3, -0.25) is 0 Å². The molecule has 0 aliphatic heterocycles. The van der Waals surface area contributed by atoms with E-state index in [1.165, 1.54) is 19.3 Å². The monoisotopic (exact) mass is 282 g/mol. The third-order valence-corrected chi connectivity index (χ3v) is 4.24. The number of hydrogen-bond acceptors (Lipinski definition) is 2. The van der Waals surface area contributed by atoms with Crippen LogP contribution in [-0.2, 0) is 0 Å². The number of nitrogens with one attached hydrogen (secondary N) is 1. The van der Waals surface area contributed by atoms with E-state index in [-0.39, 0.29) is 0 Å². The first-order valence-electron chi connectivity index (χ1n) is 6.09. The second kappa shape index (κ2) is 5.17. The number of pyridine rings is 1. The molecule has 1 aliphatic rings. The number of rotatable bonds is 3. The fourth-order valence-corrected chi connectivity index (χ4v) is 3.05. The van der Waals surface area contributed by atoms with Crippen molar-refractivity contribution < 1.29 is 0 Å². The lowest BCUT2D eigenvalue weighted by Gasteiger charge is -2.21. The van der Waals surface area contributed by atoms with E-state index in [0.717, 1.165) is 22.3 Å². The molecule has 16 heavy (non-hydrogen) atoms. The van der Waals surface area contributed by atoms with Crippen molar-refractivity contribution in [2.45, 2.75) is 39.2 Å². The molecule has 1 aliphatic carbocycles. The van der Waals surface area contributed by atoms with Gasteiger partial charge in [0.2, 0.25) is 0 Å². The molecule has 3 unspecified atom stereocenters. The van der Waals surface area contributed by atoms with Crippen LogP contribution < -0.4 is 5.32 Å². The Balaban J connectivity index is 2.00. The van der Waals surface area contributed by atoms with Crippen LogP contribution in [0.2, 0.25) is 0 Å². The van der Waals surface area contributed by atoms with Crippen molar-refractivity contribution in [1.29, 1.82) is 0 Å². The first-order chi connectivity index (χ1) is 7.70. The van der Waals surface area contributed by atoms with Crippen molar-refractivity contribution in [2.24, 2.45) is 11.8 Å². The molecule has 2 nitrogen and oxygen atoms in total. The smallest absolute Gasteiger partial charge is 0.127 e. The van der Waals surface area contributed by atoms with E-state index in [1.54, 1.807) is 0 Å².